The van der Waals surface area contributed by atoms with Gasteiger partial charge in [-0.2, -0.15) is 4.98 Å². The molecule has 0 radical (unpaired) electrons. The average Bonchev–Trinajstić information content (AvgIpc) is 2.80. The van der Waals surface area contributed by atoms with Gasteiger partial charge in [0.05, 0.1) is 5.92 Å². The number of aryl methyl sites for hydroxylation is 1. The third-order valence-electron chi connectivity index (χ3n) is 5.67. The summed E-state index contributed by atoms with van der Waals surface area (Å²) >= 11 is 0. The van der Waals surface area contributed by atoms with Gasteiger partial charge in [-0.1, -0.05) is 60.7 Å². The number of rotatable bonds is 5. The molecule has 1 amide bonds. The quantitative estimate of drug-likeness (QED) is 0.640. The molecule has 0 bridgehead atoms. The van der Waals surface area contributed by atoms with Crippen LogP contribution in [0.2, 0.25) is 0 Å². The Morgan fingerprint density at radius 2 is 1.42 bits per heavy atom. The molecule has 0 N–H and O–H groups in total. The normalized spacial score (nSPS) is 14.1. The van der Waals surface area contributed by atoms with E-state index >= 15 is 0 Å². The molecule has 160 valence electrons. The highest BCUT2D eigenvalue weighted by Gasteiger charge is 2.30. The van der Waals surface area contributed by atoms with Crippen LogP contribution in [0.25, 0.3) is 0 Å². The van der Waals surface area contributed by atoms with Crippen molar-refractivity contribution in [3.63, 3.8) is 0 Å². The second kappa shape index (κ2) is 9.16. The molecule has 6 nitrogen and oxygen atoms in total. The van der Waals surface area contributed by atoms with Crippen molar-refractivity contribution in [2.75, 3.05) is 50.1 Å². The molecule has 3 aromatic rings. The maximum Gasteiger partial charge on any atom is 0.234 e. The summed E-state index contributed by atoms with van der Waals surface area (Å²) in [6, 6.07) is 22.1. The van der Waals surface area contributed by atoms with E-state index in [2.05, 4.69) is 9.88 Å². The van der Waals surface area contributed by atoms with Gasteiger partial charge >= 0.3 is 0 Å². The first kappa shape index (κ1) is 20.8. The summed E-state index contributed by atoms with van der Waals surface area (Å²) in [5.74, 6) is 1.49. The fourth-order valence-corrected chi connectivity index (χ4v) is 3.99. The lowest BCUT2D eigenvalue weighted by Crippen LogP contribution is -2.50. The number of aromatic nitrogens is 2. The summed E-state index contributed by atoms with van der Waals surface area (Å²) in [5, 5.41) is 0. The molecule has 0 spiro atoms. The predicted octanol–water partition coefficient (Wildman–Crippen LogP) is 3.33. The smallest absolute Gasteiger partial charge is 0.234 e. The van der Waals surface area contributed by atoms with E-state index in [-0.39, 0.29) is 11.8 Å². The van der Waals surface area contributed by atoms with Crippen LogP contribution < -0.4 is 9.80 Å². The minimum absolute atomic E-state index is 0.149. The highest BCUT2D eigenvalue weighted by Crippen LogP contribution is 2.28. The van der Waals surface area contributed by atoms with E-state index < -0.39 is 0 Å². The summed E-state index contributed by atoms with van der Waals surface area (Å²) < 4.78 is 0. The first-order chi connectivity index (χ1) is 15.0. The number of nitrogens with zero attached hydrogens (tertiary/aromatic N) is 5. The van der Waals surface area contributed by atoms with Crippen molar-refractivity contribution < 1.29 is 4.79 Å². The molecule has 0 unspecified atom stereocenters. The highest BCUT2D eigenvalue weighted by molar-refractivity contribution is 5.87. The lowest BCUT2D eigenvalue weighted by Gasteiger charge is -2.37. The molecule has 4 rings (SSSR count). The van der Waals surface area contributed by atoms with Crippen LogP contribution in [0.5, 0.6) is 0 Å². The highest BCUT2D eigenvalue weighted by atomic mass is 16.2. The van der Waals surface area contributed by atoms with Crippen LogP contribution in [0.1, 0.15) is 22.7 Å². The molecule has 1 aliphatic rings. The maximum absolute atomic E-state index is 13.6. The van der Waals surface area contributed by atoms with Crippen molar-refractivity contribution in [2.24, 2.45) is 0 Å². The van der Waals surface area contributed by atoms with Gasteiger partial charge in [-0.15, -0.1) is 0 Å². The summed E-state index contributed by atoms with van der Waals surface area (Å²) in [7, 11) is 3.96. The van der Waals surface area contributed by atoms with Crippen LogP contribution >= 0.6 is 0 Å². The SMILES string of the molecule is Cc1cc(N(C)C)nc(N2CCN(C(=O)C(c3ccccc3)c3ccccc3)CC2)n1. The second-order valence-electron chi connectivity index (χ2n) is 8.13. The van der Waals surface area contributed by atoms with Crippen LogP contribution in [0.15, 0.2) is 66.7 Å². The Balaban J connectivity index is 1.52. The molecule has 0 aliphatic carbocycles. The Hall–Kier alpha value is -3.41. The molecule has 0 saturated carbocycles. The minimum atomic E-state index is -0.287. The van der Waals surface area contributed by atoms with E-state index in [1.54, 1.807) is 0 Å². The Kier molecular flexibility index (Phi) is 6.16. The number of carbonyl (C=O) groups excluding carboxylic acids is 1. The average molecular weight is 416 g/mol. The predicted molar refractivity (Wildman–Crippen MR) is 125 cm³/mol. The fourth-order valence-electron chi connectivity index (χ4n) is 3.99. The Bertz CT molecular complexity index is 975. The van der Waals surface area contributed by atoms with Gasteiger partial charge < -0.3 is 14.7 Å². The van der Waals surface area contributed by atoms with E-state index in [4.69, 9.17) is 4.98 Å². The van der Waals surface area contributed by atoms with Crippen LogP contribution in [0.4, 0.5) is 11.8 Å². The zero-order chi connectivity index (χ0) is 21.8. The number of benzene rings is 2. The first-order valence-electron chi connectivity index (χ1n) is 10.7. The zero-order valence-corrected chi connectivity index (χ0v) is 18.4. The van der Waals surface area contributed by atoms with Gasteiger partial charge in [0.1, 0.15) is 5.82 Å². The van der Waals surface area contributed by atoms with Gasteiger partial charge in [0.25, 0.3) is 0 Å². The number of hydrogen-bond donors (Lipinski definition) is 0. The molecule has 31 heavy (non-hydrogen) atoms. The summed E-state index contributed by atoms with van der Waals surface area (Å²) in [4.78, 5) is 29.1. The van der Waals surface area contributed by atoms with E-state index in [0.717, 1.165) is 41.7 Å². The Labute approximate surface area is 184 Å². The Morgan fingerprint density at radius 1 is 0.871 bits per heavy atom. The topological polar surface area (TPSA) is 52.6 Å². The number of amides is 1. The minimum Gasteiger partial charge on any atom is -0.363 e. The van der Waals surface area contributed by atoms with E-state index in [0.29, 0.717) is 13.1 Å². The zero-order valence-electron chi connectivity index (χ0n) is 18.4. The number of hydrogen-bond acceptors (Lipinski definition) is 5. The largest absolute Gasteiger partial charge is 0.363 e. The summed E-state index contributed by atoms with van der Waals surface area (Å²) in [5.41, 5.74) is 3.00. The lowest BCUT2D eigenvalue weighted by molar-refractivity contribution is -0.132. The lowest BCUT2D eigenvalue weighted by atomic mass is 9.90. The van der Waals surface area contributed by atoms with Crippen molar-refractivity contribution in [3.8, 4) is 0 Å². The Morgan fingerprint density at radius 3 is 1.94 bits per heavy atom. The van der Waals surface area contributed by atoms with Gasteiger partial charge in [-0.25, -0.2) is 4.98 Å². The molecule has 1 saturated heterocycles. The maximum atomic E-state index is 13.6. The molecule has 6 heteroatoms. The monoisotopic (exact) mass is 415 g/mol. The van der Waals surface area contributed by atoms with Crippen LogP contribution in [-0.4, -0.2) is 61.0 Å². The summed E-state index contributed by atoms with van der Waals surface area (Å²) in [6.07, 6.45) is 0. The standard InChI is InChI=1S/C25H29N5O/c1-19-18-22(28(2)3)27-25(26-19)30-16-14-29(15-17-30)24(31)23(20-10-6-4-7-11-20)21-12-8-5-9-13-21/h4-13,18,23H,14-17H2,1-3H3. The molecule has 2 aromatic carbocycles. The molecule has 0 atom stereocenters. The third-order valence-corrected chi connectivity index (χ3v) is 5.67. The second-order valence-corrected chi connectivity index (χ2v) is 8.13. The van der Waals surface area contributed by atoms with Gasteiger partial charge in [0, 0.05) is 52.0 Å². The van der Waals surface area contributed by atoms with Gasteiger partial charge in [-0.05, 0) is 18.1 Å². The van der Waals surface area contributed by atoms with E-state index in [1.807, 2.05) is 97.5 Å². The van der Waals surface area contributed by atoms with Crippen molar-refractivity contribution >= 4 is 17.7 Å². The first-order valence-corrected chi connectivity index (χ1v) is 10.7. The van der Waals surface area contributed by atoms with E-state index in [9.17, 15) is 4.79 Å². The van der Waals surface area contributed by atoms with Crippen LogP contribution in [0, 0.1) is 6.92 Å². The van der Waals surface area contributed by atoms with Crippen molar-refractivity contribution in [3.05, 3.63) is 83.6 Å². The molecular weight excluding hydrogens is 386 g/mol. The molecular formula is C25H29N5O. The van der Waals surface area contributed by atoms with Gasteiger partial charge in [0.15, 0.2) is 0 Å². The number of piperazine rings is 1. The fraction of sp³-hybridized carbons (Fsp3) is 0.320. The molecule has 1 fully saturated rings. The molecule has 1 aliphatic heterocycles. The molecule has 1 aromatic heterocycles. The summed E-state index contributed by atoms with van der Waals surface area (Å²) in [6.45, 7) is 4.74. The van der Waals surface area contributed by atoms with Crippen molar-refractivity contribution in [2.45, 2.75) is 12.8 Å². The molecule has 2 heterocycles. The van der Waals surface area contributed by atoms with Crippen LogP contribution in [-0.2, 0) is 4.79 Å². The number of carbonyl (C=O) groups is 1. The van der Waals surface area contributed by atoms with Crippen LogP contribution in [0.3, 0.4) is 0 Å². The third kappa shape index (κ3) is 4.68. The van der Waals surface area contributed by atoms with Gasteiger partial charge in [-0.3, -0.25) is 4.79 Å². The van der Waals surface area contributed by atoms with Crippen molar-refractivity contribution in [1.82, 2.24) is 14.9 Å². The van der Waals surface area contributed by atoms with E-state index in [1.165, 1.54) is 0 Å². The van der Waals surface area contributed by atoms with Crippen molar-refractivity contribution in [1.29, 1.82) is 0 Å². The van der Waals surface area contributed by atoms with Gasteiger partial charge in [0.2, 0.25) is 11.9 Å². The number of anilines is 2.